The number of carboxylic acids is 1. The second-order valence-electron chi connectivity index (χ2n) is 6.90. The summed E-state index contributed by atoms with van der Waals surface area (Å²) >= 11 is 0. The molecule has 6 heteroatoms. The molecule has 2 aromatic carbocycles. The van der Waals surface area contributed by atoms with E-state index in [9.17, 15) is 9.59 Å². The molecular formula is C20H20N2O4. The lowest BCUT2D eigenvalue weighted by Gasteiger charge is -2.41. The zero-order chi connectivity index (χ0) is 18.1. The van der Waals surface area contributed by atoms with Crippen LogP contribution in [0.1, 0.15) is 23.5 Å². The number of hydrogen-bond donors (Lipinski definition) is 3. The predicted octanol–water partition coefficient (Wildman–Crippen LogP) is 2.34. The quantitative estimate of drug-likeness (QED) is 0.769. The number of nitrogens with one attached hydrogen (secondary N) is 2. The van der Waals surface area contributed by atoms with Crippen molar-refractivity contribution < 1.29 is 19.4 Å². The summed E-state index contributed by atoms with van der Waals surface area (Å²) in [6.45, 7) is 1.09. The second kappa shape index (κ2) is 6.46. The smallest absolute Gasteiger partial charge is 0.407 e. The minimum Gasteiger partial charge on any atom is -0.481 e. The Morgan fingerprint density at radius 1 is 1.08 bits per heavy atom. The molecule has 2 aromatic rings. The number of alkyl carbamates (subject to hydrolysis) is 1. The average Bonchev–Trinajstić information content (AvgIpc) is 2.92. The van der Waals surface area contributed by atoms with E-state index in [1.165, 1.54) is 11.1 Å². The van der Waals surface area contributed by atoms with Gasteiger partial charge >= 0.3 is 12.1 Å². The number of hydrogen-bond acceptors (Lipinski definition) is 4. The van der Waals surface area contributed by atoms with Gasteiger partial charge in [-0.2, -0.15) is 0 Å². The highest BCUT2D eigenvalue weighted by molar-refractivity contribution is 5.79. The van der Waals surface area contributed by atoms with Gasteiger partial charge in [0.1, 0.15) is 6.61 Å². The molecule has 0 radical (unpaired) electrons. The van der Waals surface area contributed by atoms with Crippen molar-refractivity contribution in [3.05, 3.63) is 59.7 Å². The SMILES string of the molecule is O=C(O)CC1(NC(=O)OCC2c3ccccc3-c3ccccc32)CNC1. The van der Waals surface area contributed by atoms with Gasteiger partial charge in [-0.25, -0.2) is 4.79 Å². The summed E-state index contributed by atoms with van der Waals surface area (Å²) in [6.07, 6.45) is -0.695. The number of fused-ring (bicyclic) bond motifs is 3. The molecule has 1 aliphatic carbocycles. The normalized spacial score (nSPS) is 16.9. The molecule has 0 saturated carbocycles. The standard InChI is InChI=1S/C20H20N2O4/c23-18(24)9-20(11-21-12-20)22-19(25)26-10-17-15-7-3-1-5-13(15)14-6-2-4-8-16(14)17/h1-8,17,21H,9-12H2,(H,22,25)(H,23,24). The number of benzene rings is 2. The molecule has 1 saturated heterocycles. The number of aliphatic carboxylic acids is 1. The zero-order valence-corrected chi connectivity index (χ0v) is 14.2. The minimum atomic E-state index is -0.939. The summed E-state index contributed by atoms with van der Waals surface area (Å²) in [5.74, 6) is -0.950. The van der Waals surface area contributed by atoms with Crippen LogP contribution in [0.15, 0.2) is 48.5 Å². The third-order valence-electron chi connectivity index (χ3n) is 5.13. The fourth-order valence-electron chi connectivity index (χ4n) is 3.82. The number of ether oxygens (including phenoxy) is 1. The van der Waals surface area contributed by atoms with Crippen molar-refractivity contribution in [1.29, 1.82) is 0 Å². The van der Waals surface area contributed by atoms with E-state index in [-0.39, 0.29) is 18.9 Å². The molecule has 134 valence electrons. The Morgan fingerprint density at radius 2 is 1.65 bits per heavy atom. The Bertz CT molecular complexity index is 815. The molecule has 1 aliphatic heterocycles. The predicted molar refractivity (Wildman–Crippen MR) is 96.1 cm³/mol. The van der Waals surface area contributed by atoms with E-state index in [2.05, 4.69) is 34.9 Å². The molecule has 4 rings (SSSR count). The molecule has 0 aromatic heterocycles. The topological polar surface area (TPSA) is 87.7 Å². The molecule has 2 aliphatic rings. The highest BCUT2D eigenvalue weighted by atomic mass is 16.5. The summed E-state index contributed by atoms with van der Waals surface area (Å²) in [5, 5.41) is 14.8. The van der Waals surface area contributed by atoms with Gasteiger partial charge in [-0.05, 0) is 22.3 Å². The first-order valence-corrected chi connectivity index (χ1v) is 8.64. The van der Waals surface area contributed by atoms with Crippen LogP contribution in [0.5, 0.6) is 0 Å². The van der Waals surface area contributed by atoms with E-state index in [0.29, 0.717) is 13.1 Å². The van der Waals surface area contributed by atoms with E-state index in [0.717, 1.165) is 11.1 Å². The van der Waals surface area contributed by atoms with Crippen molar-refractivity contribution in [1.82, 2.24) is 10.6 Å². The van der Waals surface area contributed by atoms with Crippen LogP contribution in [0.4, 0.5) is 4.79 Å². The monoisotopic (exact) mass is 352 g/mol. The highest BCUT2D eigenvalue weighted by Gasteiger charge is 2.41. The van der Waals surface area contributed by atoms with Crippen molar-refractivity contribution in [3.63, 3.8) is 0 Å². The van der Waals surface area contributed by atoms with Crippen molar-refractivity contribution in [2.75, 3.05) is 19.7 Å². The lowest BCUT2D eigenvalue weighted by molar-refractivity contribution is -0.139. The van der Waals surface area contributed by atoms with Gasteiger partial charge in [0.25, 0.3) is 0 Å². The Labute approximate surface area is 151 Å². The fourth-order valence-corrected chi connectivity index (χ4v) is 3.82. The van der Waals surface area contributed by atoms with E-state index in [1.807, 2.05) is 24.3 Å². The molecule has 0 unspecified atom stereocenters. The molecular weight excluding hydrogens is 332 g/mol. The first kappa shape index (κ1) is 16.6. The number of amides is 1. The minimum absolute atomic E-state index is 0.0110. The molecule has 0 atom stereocenters. The average molecular weight is 352 g/mol. The van der Waals surface area contributed by atoms with Gasteiger partial charge in [0.2, 0.25) is 0 Å². The summed E-state index contributed by atoms with van der Waals surface area (Å²) in [5.41, 5.74) is 3.87. The first-order valence-electron chi connectivity index (χ1n) is 8.64. The van der Waals surface area contributed by atoms with Crippen molar-refractivity contribution in [2.45, 2.75) is 17.9 Å². The highest BCUT2D eigenvalue weighted by Crippen LogP contribution is 2.44. The maximum atomic E-state index is 12.3. The van der Waals surface area contributed by atoms with Gasteiger partial charge in [-0.15, -0.1) is 0 Å². The summed E-state index contributed by atoms with van der Waals surface area (Å²) in [6, 6.07) is 16.3. The van der Waals surface area contributed by atoms with Crippen molar-refractivity contribution in [2.24, 2.45) is 0 Å². The molecule has 1 fully saturated rings. The van der Waals surface area contributed by atoms with Gasteiger partial charge < -0.3 is 20.5 Å². The third-order valence-corrected chi connectivity index (χ3v) is 5.13. The van der Waals surface area contributed by atoms with E-state index >= 15 is 0 Å². The van der Waals surface area contributed by atoms with Crippen molar-refractivity contribution in [3.8, 4) is 11.1 Å². The van der Waals surface area contributed by atoms with Crippen LogP contribution in [0.25, 0.3) is 11.1 Å². The molecule has 26 heavy (non-hydrogen) atoms. The van der Waals surface area contributed by atoms with Crippen LogP contribution < -0.4 is 10.6 Å². The number of rotatable bonds is 5. The molecule has 3 N–H and O–H groups in total. The van der Waals surface area contributed by atoms with E-state index in [4.69, 9.17) is 9.84 Å². The number of carbonyl (C=O) groups excluding carboxylic acids is 1. The Kier molecular flexibility index (Phi) is 4.12. The lowest BCUT2D eigenvalue weighted by atomic mass is 9.89. The Morgan fingerprint density at radius 3 is 2.15 bits per heavy atom. The summed E-state index contributed by atoms with van der Waals surface area (Å²) in [4.78, 5) is 23.3. The second-order valence-corrected chi connectivity index (χ2v) is 6.90. The summed E-state index contributed by atoms with van der Waals surface area (Å²) in [7, 11) is 0. The van der Waals surface area contributed by atoms with Crippen LogP contribution in [0, 0.1) is 0 Å². The van der Waals surface area contributed by atoms with Gasteiger partial charge in [0, 0.05) is 19.0 Å². The van der Waals surface area contributed by atoms with Crippen LogP contribution in [0.3, 0.4) is 0 Å². The fraction of sp³-hybridized carbons (Fsp3) is 0.300. The van der Waals surface area contributed by atoms with Crippen LogP contribution in [-0.4, -0.2) is 42.4 Å². The van der Waals surface area contributed by atoms with Crippen LogP contribution in [-0.2, 0) is 9.53 Å². The first-order chi connectivity index (χ1) is 12.6. The maximum absolute atomic E-state index is 12.3. The van der Waals surface area contributed by atoms with Crippen LogP contribution >= 0.6 is 0 Å². The largest absolute Gasteiger partial charge is 0.481 e. The van der Waals surface area contributed by atoms with Gasteiger partial charge in [-0.3, -0.25) is 4.79 Å². The molecule has 0 spiro atoms. The third kappa shape index (κ3) is 2.93. The van der Waals surface area contributed by atoms with Crippen molar-refractivity contribution >= 4 is 12.1 Å². The van der Waals surface area contributed by atoms with Crippen LogP contribution in [0.2, 0.25) is 0 Å². The van der Waals surface area contributed by atoms with Gasteiger partial charge in [-0.1, -0.05) is 48.5 Å². The van der Waals surface area contributed by atoms with Gasteiger partial charge in [0.15, 0.2) is 0 Å². The molecule has 0 bridgehead atoms. The van der Waals surface area contributed by atoms with E-state index in [1.54, 1.807) is 0 Å². The lowest BCUT2D eigenvalue weighted by Crippen LogP contribution is -2.69. The Hall–Kier alpha value is -2.86. The van der Waals surface area contributed by atoms with E-state index < -0.39 is 17.6 Å². The maximum Gasteiger partial charge on any atom is 0.407 e. The van der Waals surface area contributed by atoms with Gasteiger partial charge in [0.05, 0.1) is 12.0 Å². The molecule has 1 heterocycles. The number of carboxylic acid groups (broad SMARTS) is 1. The molecule has 6 nitrogen and oxygen atoms in total. The molecule has 1 amide bonds. The summed E-state index contributed by atoms with van der Waals surface area (Å²) < 4.78 is 5.48. The zero-order valence-electron chi connectivity index (χ0n) is 14.2. The Balaban J connectivity index is 1.46. The number of carbonyl (C=O) groups is 2.